The number of hydrogen-bond donors (Lipinski definition) is 0. The minimum atomic E-state index is -0.933. The number of hydrogen-bond acceptors (Lipinski definition) is 32. The van der Waals surface area contributed by atoms with Crippen molar-refractivity contribution in [2.45, 2.75) is 143 Å². The first-order chi connectivity index (χ1) is 57.4. The predicted molar refractivity (Wildman–Crippen MR) is 472 cm³/mol. The summed E-state index contributed by atoms with van der Waals surface area (Å²) in [5, 5.41) is 19.0. The smallest absolute Gasteiger partial charge is 0.347 e. The van der Waals surface area contributed by atoms with Crippen LogP contribution in [-0.4, -0.2) is 117 Å². The Morgan fingerprint density at radius 2 is 0.858 bits per heavy atom. The highest BCUT2D eigenvalue weighted by molar-refractivity contribution is 8.77. The van der Waals surface area contributed by atoms with Crippen molar-refractivity contribution in [1.29, 1.82) is 0 Å². The highest BCUT2D eigenvalue weighted by atomic mass is 33.1. The molecule has 1 saturated heterocycles. The zero-order valence-electron chi connectivity index (χ0n) is 65.1. The molecule has 2 aliphatic rings. The van der Waals surface area contributed by atoms with E-state index in [9.17, 15) is 63.4 Å². The normalized spacial score (nSPS) is 12.2. The van der Waals surface area contributed by atoms with Crippen LogP contribution in [0.3, 0.4) is 0 Å². The molecule has 3 heterocycles. The van der Waals surface area contributed by atoms with Crippen molar-refractivity contribution in [2.24, 2.45) is 0 Å². The third-order valence-corrected chi connectivity index (χ3v) is 24.2. The van der Waals surface area contributed by atoms with Crippen LogP contribution in [0.4, 0.5) is 0 Å². The van der Waals surface area contributed by atoms with Gasteiger partial charge < -0.3 is 52.3 Å². The summed E-state index contributed by atoms with van der Waals surface area (Å²) in [5.41, 5.74) is 3.41. The molecule has 0 N–H and O–H groups in total. The molecule has 1 aromatic heterocycles. The number of thioether (sulfide) groups is 1. The van der Waals surface area contributed by atoms with E-state index < -0.39 is 57.9 Å². The lowest BCUT2D eigenvalue weighted by atomic mass is 10.1. The summed E-state index contributed by atoms with van der Waals surface area (Å²) in [4.78, 5) is 142. The van der Waals surface area contributed by atoms with Gasteiger partial charge in [-0.3, -0.25) is 24.0 Å². The molecule has 2 aliphatic heterocycles. The number of allylic oxidation sites excluding steroid dienone is 1. The van der Waals surface area contributed by atoms with E-state index in [1.54, 1.807) is 138 Å². The summed E-state index contributed by atoms with van der Waals surface area (Å²) in [6.07, 6.45) is 12.2. The van der Waals surface area contributed by atoms with Gasteiger partial charge in [-0.05, 0) is 178 Å². The van der Waals surface area contributed by atoms with E-state index in [0.717, 1.165) is 109 Å². The van der Waals surface area contributed by atoms with Crippen LogP contribution in [0.2, 0.25) is 0 Å². The van der Waals surface area contributed by atoms with Crippen molar-refractivity contribution in [3.8, 4) is 50.7 Å². The molecule has 7 aromatic carbocycles. The number of benzene rings is 7. The molecule has 0 radical (unpaired) electrons. The lowest BCUT2D eigenvalue weighted by molar-refractivity contribution is -0.757. The Bertz CT molecular complexity index is 4850. The molecule has 1 atom stereocenters. The quantitative estimate of drug-likeness (QED) is 0.00503. The highest BCUT2D eigenvalue weighted by Gasteiger charge is 2.24. The van der Waals surface area contributed by atoms with E-state index in [1.807, 2.05) is 58.0 Å². The molecule has 26 nitrogen and oxygen atoms in total. The summed E-state index contributed by atoms with van der Waals surface area (Å²) >= 11 is 17.1. The first-order valence-electron chi connectivity index (χ1n) is 37.8. The van der Waals surface area contributed by atoms with Crippen LogP contribution in [0.25, 0.3) is 15.3 Å². The van der Waals surface area contributed by atoms with E-state index in [0.29, 0.717) is 48.2 Å². The Morgan fingerprint density at radius 1 is 0.450 bits per heavy atom. The molecule has 8 aromatic rings. The standard InChI is InChI=1S/C25H24O6S3.C21H17NO7S2.C20H28O4S2.C19H17NO7S.CH4/c1-2-3-6-15-29-22(26)13-14-23(27)31-20-8-5-4-7-19(20)25(28)30-18-11-9-17(10-12-18)21-16-24(32)34-33-21;23-20(6-3-11-27-22(25)26)29-18-5-2-1-4-17(18)21(24)28-15-9-7-14(8-10-15)19-12-16(30)13-31-19;1-2-3-8-14-23-20(22)17-10-5-6-11-18(17)24-19(21)12-7-4-9-16-13-15-25-26-16;1-13(28)14-8-10-15(11-9-14)26-19(22)16-5-2-3-6-17(16)27-18(21)7-4-12-25-20(23)24;/h4-5,7-12,16H,2-3,6,13-15H2,1H3;1-2,4-5,7-10,12H,3,6,11,13H2;5-6,10-11,16H,2-4,7-9,12-15H2,1H3;2-3,5-6,8-11H,4,7,12H2,1H3;1H4. The molecule has 0 amide bonds. The summed E-state index contributed by atoms with van der Waals surface area (Å²) < 4.78 is 48.5. The lowest BCUT2D eigenvalue weighted by Gasteiger charge is -2.10. The number of nitrogens with zero attached hydrogens (tertiary/aromatic N) is 2. The number of ether oxygens (including phenoxy) is 9. The zero-order valence-corrected chi connectivity index (χ0v) is 71.7. The maximum absolute atomic E-state index is 12.7. The van der Waals surface area contributed by atoms with Crippen molar-refractivity contribution in [2.75, 3.05) is 37.9 Å². The minimum Gasteiger partial charge on any atom is -0.466 e. The molecule has 1 fully saturated rings. The lowest BCUT2D eigenvalue weighted by Crippen LogP contribution is -2.16. The van der Waals surface area contributed by atoms with E-state index in [1.165, 1.54) is 58.9 Å². The van der Waals surface area contributed by atoms with Gasteiger partial charge in [-0.15, -0.1) is 32.0 Å². The van der Waals surface area contributed by atoms with Crippen LogP contribution in [0.15, 0.2) is 182 Å². The molecular formula is C86H90N2O24S8. The molecule has 10 rings (SSSR count). The SMILES string of the molecule is C.CC(=S)c1ccc(OC(=O)c2ccccc2OC(=O)CCCO[N+](=O)[O-])cc1.CCCCCOC(=O)CCC(=O)Oc1ccccc1C(=O)Oc1ccc(-c2cc(=S)ss2)cc1.CCCCCOC(=O)c1ccccc1OC(=O)CCCCC1CCSS1.O=C(CCCO[N+](=O)[O-])Oc1ccccc1C(=O)Oc1ccc(C2=CC(=S)CS2)cc1. The van der Waals surface area contributed by atoms with Gasteiger partial charge in [-0.1, -0.05) is 205 Å². The van der Waals surface area contributed by atoms with Crippen LogP contribution in [0, 0.1) is 24.1 Å². The van der Waals surface area contributed by atoms with Crippen LogP contribution in [0.5, 0.6) is 40.2 Å². The summed E-state index contributed by atoms with van der Waals surface area (Å²) in [7, 11) is 7.03. The predicted octanol–water partition coefficient (Wildman–Crippen LogP) is 20.9. The molecule has 0 bridgehead atoms. The third-order valence-electron chi connectivity index (χ3n) is 16.5. The van der Waals surface area contributed by atoms with Gasteiger partial charge in [0.15, 0.2) is 0 Å². The maximum Gasteiger partial charge on any atom is 0.347 e. The van der Waals surface area contributed by atoms with Gasteiger partial charge in [0.25, 0.3) is 10.2 Å². The fourth-order valence-corrected chi connectivity index (χ4v) is 17.3. The molecule has 1 unspecified atom stereocenters. The van der Waals surface area contributed by atoms with E-state index in [-0.39, 0.29) is 99.1 Å². The zero-order chi connectivity index (χ0) is 85.7. The number of carbonyl (C=O) groups excluding carboxylic acids is 9. The number of para-hydroxylation sites is 4. The van der Waals surface area contributed by atoms with Gasteiger partial charge >= 0.3 is 53.7 Å². The minimum absolute atomic E-state index is 0. The molecule has 0 aliphatic carbocycles. The monoisotopic (exact) mass is 1790 g/mol. The van der Waals surface area contributed by atoms with E-state index >= 15 is 0 Å². The summed E-state index contributed by atoms with van der Waals surface area (Å²) in [6, 6.07) is 48.2. The van der Waals surface area contributed by atoms with Crippen molar-refractivity contribution in [3.05, 3.63) is 239 Å². The Kier molecular flexibility index (Phi) is 44.7. The first-order valence-corrected chi connectivity index (χ1v) is 44.5. The third kappa shape index (κ3) is 36.6. The Morgan fingerprint density at radius 3 is 1.26 bits per heavy atom. The van der Waals surface area contributed by atoms with Crippen molar-refractivity contribution in [1.82, 2.24) is 0 Å². The van der Waals surface area contributed by atoms with Crippen LogP contribution < -0.4 is 33.2 Å². The van der Waals surface area contributed by atoms with Crippen molar-refractivity contribution >= 4 is 159 Å². The molecule has 0 spiro atoms. The van der Waals surface area contributed by atoms with E-state index in [2.05, 4.69) is 23.5 Å². The fourth-order valence-electron chi connectivity index (χ4n) is 10.5. The Balaban J connectivity index is 0.000000249. The number of rotatable bonds is 40. The van der Waals surface area contributed by atoms with Crippen molar-refractivity contribution < 1.29 is 106 Å². The van der Waals surface area contributed by atoms with Gasteiger partial charge in [0.2, 0.25) is 0 Å². The van der Waals surface area contributed by atoms with Crippen LogP contribution in [0.1, 0.15) is 190 Å². The molecule has 120 heavy (non-hydrogen) atoms. The van der Waals surface area contributed by atoms with Gasteiger partial charge in [-0.25, -0.2) is 19.2 Å². The summed E-state index contributed by atoms with van der Waals surface area (Å²) in [6.45, 7) is 6.26. The molecular weight excluding hydrogens is 1700 g/mol. The Labute approximate surface area is 730 Å². The van der Waals surface area contributed by atoms with Crippen LogP contribution in [-0.2, 0) is 43.1 Å². The second kappa shape index (κ2) is 54.6. The van der Waals surface area contributed by atoms with Crippen LogP contribution >= 0.6 is 90.7 Å². The van der Waals surface area contributed by atoms with E-state index in [4.69, 9.17) is 79.3 Å². The number of esters is 9. The topological polar surface area (TPSA) is 341 Å². The molecule has 34 heteroatoms. The van der Waals surface area contributed by atoms with Crippen molar-refractivity contribution in [3.63, 3.8) is 0 Å². The largest absolute Gasteiger partial charge is 0.466 e. The average molecular weight is 1790 g/mol. The highest BCUT2D eigenvalue weighted by Crippen LogP contribution is 2.40. The van der Waals surface area contributed by atoms with Gasteiger partial charge in [0.05, 0.1) is 39.3 Å². The van der Waals surface area contributed by atoms with Gasteiger partial charge in [0, 0.05) is 55.5 Å². The van der Waals surface area contributed by atoms with Gasteiger partial charge in [-0.2, -0.15) is 0 Å². The van der Waals surface area contributed by atoms with Gasteiger partial charge in [0.1, 0.15) is 66.3 Å². The second-order valence-electron chi connectivity index (χ2n) is 25.6. The fraction of sp³-hybridized carbons (Fsp3) is 0.326. The average Bonchev–Trinajstić information content (AvgIpc) is 1.23. The second-order valence-corrected chi connectivity index (χ2v) is 33.5. The first kappa shape index (κ1) is 98.2. The number of carbonyl (C=O) groups is 9. The Hall–Kier alpha value is -10.6. The number of thiocarbonyl (C=S) groups is 2. The summed E-state index contributed by atoms with van der Waals surface area (Å²) in [5.74, 6) is -1.59. The molecule has 0 saturated carbocycles. The number of unbranched alkanes of at least 4 members (excludes halogenated alkanes) is 5. The molecule has 636 valence electrons. The maximum atomic E-state index is 12.7.